The first kappa shape index (κ1) is 23.7. The lowest BCUT2D eigenvalue weighted by atomic mass is 10.0. The van der Waals surface area contributed by atoms with Gasteiger partial charge in [0.25, 0.3) is 0 Å². The molecule has 0 spiro atoms. The van der Waals surface area contributed by atoms with Crippen LogP contribution in [0.5, 0.6) is 5.88 Å². The Morgan fingerprint density at radius 1 is 1.09 bits per heavy atom. The number of sulfone groups is 1. The Balaban J connectivity index is 2.03. The molecule has 0 aliphatic rings. The number of ketones is 1. The van der Waals surface area contributed by atoms with Crippen LogP contribution in [0.4, 0.5) is 0 Å². The minimum atomic E-state index is -3.52. The van der Waals surface area contributed by atoms with Crippen LogP contribution < -0.4 is 4.74 Å². The molecule has 7 nitrogen and oxygen atoms in total. The second-order valence-electron chi connectivity index (χ2n) is 7.48. The van der Waals surface area contributed by atoms with E-state index < -0.39 is 21.6 Å². The Bertz CT molecular complexity index is 1330. The summed E-state index contributed by atoms with van der Waals surface area (Å²) >= 11 is 6.43. The quantitative estimate of drug-likeness (QED) is 0.391. The molecule has 0 bridgehead atoms. The second kappa shape index (κ2) is 8.88. The summed E-state index contributed by atoms with van der Waals surface area (Å²) < 4.78 is 31.7. The molecule has 0 unspecified atom stereocenters. The third kappa shape index (κ3) is 4.33. The fourth-order valence-electron chi connectivity index (χ4n) is 3.42. The van der Waals surface area contributed by atoms with Crippen LogP contribution in [0.2, 0.25) is 5.02 Å². The molecule has 3 rings (SSSR count). The van der Waals surface area contributed by atoms with Crippen LogP contribution >= 0.6 is 11.6 Å². The smallest absolute Gasteiger partial charge is 0.344 e. The van der Waals surface area contributed by atoms with E-state index in [0.717, 1.165) is 5.56 Å². The van der Waals surface area contributed by atoms with E-state index in [-0.39, 0.29) is 32.7 Å². The Labute approximate surface area is 191 Å². The van der Waals surface area contributed by atoms with Crippen LogP contribution in [-0.4, -0.2) is 35.7 Å². The molecule has 1 aromatic heterocycles. The topological polar surface area (TPSA) is 95.3 Å². The molecule has 0 aliphatic heterocycles. The molecule has 168 valence electrons. The number of carbonyl (C=O) groups is 2. The highest BCUT2D eigenvalue weighted by molar-refractivity contribution is 7.91. The summed E-state index contributed by atoms with van der Waals surface area (Å²) in [5.74, 6) is -1.27. The van der Waals surface area contributed by atoms with E-state index in [2.05, 4.69) is 5.10 Å². The maximum Gasteiger partial charge on any atom is 0.344 e. The van der Waals surface area contributed by atoms with Crippen molar-refractivity contribution in [2.75, 3.05) is 5.75 Å². The van der Waals surface area contributed by atoms with Gasteiger partial charge in [0.2, 0.25) is 11.7 Å². The zero-order valence-electron chi connectivity index (χ0n) is 18.4. The SMILES string of the molecule is CCS(=O)(=O)c1c(C)cc(C(=O)c2cnn(C)c2OC(=O)c2ccc(C)cc2)c(Cl)c1C. The molecule has 2 aromatic carbocycles. The van der Waals surface area contributed by atoms with Gasteiger partial charge in [0.15, 0.2) is 9.84 Å². The maximum absolute atomic E-state index is 13.3. The average Bonchev–Trinajstić information content (AvgIpc) is 3.10. The Hall–Kier alpha value is -2.97. The van der Waals surface area contributed by atoms with Crippen LogP contribution in [0, 0.1) is 20.8 Å². The predicted octanol–water partition coefficient (Wildman–Crippen LogP) is 4.24. The van der Waals surface area contributed by atoms with Gasteiger partial charge in [-0.3, -0.25) is 4.79 Å². The molecular formula is C23H23ClN2O5S. The zero-order valence-corrected chi connectivity index (χ0v) is 20.0. The Morgan fingerprint density at radius 3 is 2.31 bits per heavy atom. The van der Waals surface area contributed by atoms with Crippen molar-refractivity contribution in [2.45, 2.75) is 32.6 Å². The molecule has 3 aromatic rings. The summed E-state index contributed by atoms with van der Waals surface area (Å²) in [4.78, 5) is 26.0. The molecule has 0 N–H and O–H groups in total. The van der Waals surface area contributed by atoms with Crippen molar-refractivity contribution >= 4 is 33.2 Å². The first-order chi connectivity index (χ1) is 15.0. The van der Waals surface area contributed by atoms with Crippen molar-refractivity contribution in [3.05, 3.63) is 74.9 Å². The minimum Gasteiger partial charge on any atom is -0.403 e. The molecule has 0 radical (unpaired) electrons. The number of aryl methyl sites for hydroxylation is 3. The number of hydrogen-bond donors (Lipinski definition) is 0. The van der Waals surface area contributed by atoms with Crippen molar-refractivity contribution in [1.29, 1.82) is 0 Å². The van der Waals surface area contributed by atoms with E-state index in [9.17, 15) is 18.0 Å². The van der Waals surface area contributed by atoms with Gasteiger partial charge in [-0.15, -0.1) is 0 Å². The summed E-state index contributed by atoms with van der Waals surface area (Å²) in [6.45, 7) is 6.63. The van der Waals surface area contributed by atoms with E-state index in [0.29, 0.717) is 16.7 Å². The second-order valence-corrected chi connectivity index (χ2v) is 10.1. The fraction of sp³-hybridized carbons (Fsp3) is 0.261. The number of hydrogen-bond acceptors (Lipinski definition) is 6. The highest BCUT2D eigenvalue weighted by Crippen LogP contribution is 2.33. The maximum atomic E-state index is 13.3. The van der Waals surface area contributed by atoms with Crippen LogP contribution in [0.15, 0.2) is 41.4 Å². The number of aromatic nitrogens is 2. The molecule has 0 amide bonds. The molecule has 0 fully saturated rings. The Morgan fingerprint density at radius 2 is 1.72 bits per heavy atom. The molecule has 1 heterocycles. The monoisotopic (exact) mass is 474 g/mol. The predicted molar refractivity (Wildman–Crippen MR) is 121 cm³/mol. The molecule has 0 atom stereocenters. The van der Waals surface area contributed by atoms with Gasteiger partial charge in [-0.2, -0.15) is 5.10 Å². The van der Waals surface area contributed by atoms with Gasteiger partial charge in [0, 0.05) is 12.6 Å². The number of ether oxygens (including phenoxy) is 1. The van der Waals surface area contributed by atoms with Gasteiger partial charge in [-0.05, 0) is 50.1 Å². The van der Waals surface area contributed by atoms with Crippen LogP contribution in [-0.2, 0) is 16.9 Å². The van der Waals surface area contributed by atoms with Crippen LogP contribution in [0.25, 0.3) is 0 Å². The number of benzene rings is 2. The molecule has 9 heteroatoms. The highest BCUT2D eigenvalue weighted by Gasteiger charge is 2.28. The fourth-order valence-corrected chi connectivity index (χ4v) is 5.11. The normalized spacial score (nSPS) is 11.4. The molecule has 0 aliphatic carbocycles. The lowest BCUT2D eigenvalue weighted by Crippen LogP contribution is -2.15. The number of halogens is 1. The molecule has 32 heavy (non-hydrogen) atoms. The van der Waals surface area contributed by atoms with Crippen molar-refractivity contribution in [3.63, 3.8) is 0 Å². The molecule has 0 saturated heterocycles. The minimum absolute atomic E-state index is 0.0304. The van der Waals surface area contributed by atoms with Crippen LogP contribution in [0.3, 0.4) is 0 Å². The average molecular weight is 475 g/mol. The number of rotatable bonds is 6. The summed E-state index contributed by atoms with van der Waals surface area (Å²) in [6, 6.07) is 8.27. The van der Waals surface area contributed by atoms with Gasteiger partial charge >= 0.3 is 5.97 Å². The number of esters is 1. The first-order valence-electron chi connectivity index (χ1n) is 9.86. The molecular weight excluding hydrogens is 452 g/mol. The largest absolute Gasteiger partial charge is 0.403 e. The third-order valence-corrected chi connectivity index (χ3v) is 7.66. The van der Waals surface area contributed by atoms with Crippen molar-refractivity contribution in [2.24, 2.45) is 7.05 Å². The zero-order chi connectivity index (χ0) is 23.8. The van der Waals surface area contributed by atoms with Crippen molar-refractivity contribution in [1.82, 2.24) is 9.78 Å². The standard InChI is InChI=1S/C23H23ClN2O5S/c1-6-32(29,30)21-14(3)11-17(19(24)15(21)4)20(27)18-12-25-26(5)22(18)31-23(28)16-9-7-13(2)8-10-16/h7-12H,6H2,1-5H3. The summed E-state index contributed by atoms with van der Waals surface area (Å²) in [7, 11) is -1.98. The summed E-state index contributed by atoms with van der Waals surface area (Å²) in [5.41, 5.74) is 2.19. The van der Waals surface area contributed by atoms with Crippen molar-refractivity contribution < 1.29 is 22.7 Å². The van der Waals surface area contributed by atoms with Crippen molar-refractivity contribution in [3.8, 4) is 5.88 Å². The van der Waals surface area contributed by atoms with Gasteiger partial charge in [0.1, 0.15) is 5.56 Å². The van der Waals surface area contributed by atoms with E-state index in [1.807, 2.05) is 6.92 Å². The van der Waals surface area contributed by atoms with Gasteiger partial charge in [0.05, 0.1) is 27.4 Å². The highest BCUT2D eigenvalue weighted by atomic mass is 35.5. The van der Waals surface area contributed by atoms with Gasteiger partial charge < -0.3 is 4.74 Å². The van der Waals surface area contributed by atoms with E-state index >= 15 is 0 Å². The summed E-state index contributed by atoms with van der Waals surface area (Å²) in [5, 5.41) is 4.08. The first-order valence-corrected chi connectivity index (χ1v) is 11.9. The number of nitrogens with zero attached hydrogens (tertiary/aromatic N) is 2. The summed E-state index contributed by atoms with van der Waals surface area (Å²) in [6.07, 6.45) is 1.29. The lowest BCUT2D eigenvalue weighted by molar-refractivity contribution is 0.0718. The Kier molecular flexibility index (Phi) is 6.57. The van der Waals surface area contributed by atoms with E-state index in [4.69, 9.17) is 16.3 Å². The van der Waals surface area contributed by atoms with Gasteiger partial charge in [-0.1, -0.05) is 36.2 Å². The van der Waals surface area contributed by atoms with E-state index in [1.54, 1.807) is 52.1 Å². The van der Waals surface area contributed by atoms with Gasteiger partial charge in [-0.25, -0.2) is 17.9 Å². The molecule has 0 saturated carbocycles. The third-order valence-electron chi connectivity index (χ3n) is 5.17. The van der Waals surface area contributed by atoms with Crippen LogP contribution in [0.1, 0.15) is 49.9 Å². The lowest BCUT2D eigenvalue weighted by Gasteiger charge is -2.15. The number of carbonyl (C=O) groups excluding carboxylic acids is 2. The van der Waals surface area contributed by atoms with E-state index in [1.165, 1.54) is 16.9 Å².